The third-order valence-electron chi connectivity index (χ3n) is 2.50. The van der Waals surface area contributed by atoms with Crippen molar-refractivity contribution < 1.29 is 23.1 Å². The van der Waals surface area contributed by atoms with Crippen LogP contribution in [0.3, 0.4) is 0 Å². The van der Waals surface area contributed by atoms with Gasteiger partial charge in [-0.05, 0) is 18.6 Å². The summed E-state index contributed by atoms with van der Waals surface area (Å²) in [6.45, 7) is 2.53. The standard InChI is InChI=1S/C12H17NO5S/c1-8-6-10(13-9(2)15)11(18-3)7-12(8)19(16,17)5-4-14/h6-7,14H,4-5H2,1-3H3,(H,13,15). The Balaban J connectivity index is 3.35. The lowest BCUT2D eigenvalue weighted by atomic mass is 10.2. The number of carbonyl (C=O) groups excluding carboxylic acids is 1. The smallest absolute Gasteiger partial charge is 0.221 e. The van der Waals surface area contributed by atoms with E-state index in [-0.39, 0.29) is 22.3 Å². The lowest BCUT2D eigenvalue weighted by Crippen LogP contribution is -2.13. The van der Waals surface area contributed by atoms with Crippen molar-refractivity contribution in [3.8, 4) is 5.75 Å². The molecule has 1 rings (SSSR count). The van der Waals surface area contributed by atoms with Crippen molar-refractivity contribution in [2.24, 2.45) is 0 Å². The van der Waals surface area contributed by atoms with Gasteiger partial charge in [0.2, 0.25) is 5.91 Å². The number of nitrogens with one attached hydrogen (secondary N) is 1. The van der Waals surface area contributed by atoms with E-state index < -0.39 is 16.4 Å². The van der Waals surface area contributed by atoms with Gasteiger partial charge in [0.1, 0.15) is 5.75 Å². The van der Waals surface area contributed by atoms with Gasteiger partial charge < -0.3 is 15.2 Å². The highest BCUT2D eigenvalue weighted by Gasteiger charge is 2.19. The predicted molar refractivity (Wildman–Crippen MR) is 71.2 cm³/mol. The van der Waals surface area contributed by atoms with Crippen molar-refractivity contribution in [2.45, 2.75) is 18.7 Å². The second kappa shape index (κ2) is 6.03. The van der Waals surface area contributed by atoms with Crippen molar-refractivity contribution >= 4 is 21.4 Å². The summed E-state index contributed by atoms with van der Waals surface area (Å²) in [5.74, 6) is -0.364. The Morgan fingerprint density at radius 3 is 2.53 bits per heavy atom. The number of anilines is 1. The van der Waals surface area contributed by atoms with E-state index in [1.807, 2.05) is 0 Å². The fraction of sp³-hybridized carbons (Fsp3) is 0.417. The minimum absolute atomic E-state index is 0.0903. The van der Waals surface area contributed by atoms with Crippen molar-refractivity contribution in [3.63, 3.8) is 0 Å². The molecule has 0 spiro atoms. The Hall–Kier alpha value is -1.60. The molecule has 0 unspecified atom stereocenters. The van der Waals surface area contributed by atoms with Crippen LogP contribution in [0.15, 0.2) is 17.0 Å². The average Bonchev–Trinajstić information content (AvgIpc) is 2.27. The van der Waals surface area contributed by atoms with Gasteiger partial charge in [-0.25, -0.2) is 8.42 Å². The third-order valence-corrected chi connectivity index (χ3v) is 4.33. The van der Waals surface area contributed by atoms with Crippen molar-refractivity contribution in [2.75, 3.05) is 24.8 Å². The van der Waals surface area contributed by atoms with E-state index in [1.54, 1.807) is 6.92 Å². The van der Waals surface area contributed by atoms with Crippen LogP contribution in [0.4, 0.5) is 5.69 Å². The lowest BCUT2D eigenvalue weighted by molar-refractivity contribution is -0.114. The molecule has 1 aromatic carbocycles. The van der Waals surface area contributed by atoms with Crippen LogP contribution in [0.5, 0.6) is 5.75 Å². The maximum atomic E-state index is 12.0. The Morgan fingerprint density at radius 1 is 1.42 bits per heavy atom. The summed E-state index contributed by atoms with van der Waals surface area (Å²) in [6.07, 6.45) is 0. The molecule has 6 nitrogen and oxygen atoms in total. The Kier molecular flexibility index (Phi) is 4.90. The molecule has 0 aliphatic heterocycles. The van der Waals surface area contributed by atoms with E-state index in [9.17, 15) is 13.2 Å². The molecule has 0 aliphatic carbocycles. The Morgan fingerprint density at radius 2 is 2.05 bits per heavy atom. The molecule has 0 aliphatic rings. The molecule has 0 heterocycles. The molecule has 0 saturated heterocycles. The number of hydrogen-bond donors (Lipinski definition) is 2. The van der Waals surface area contributed by atoms with Crippen LogP contribution in [0.2, 0.25) is 0 Å². The molecule has 0 radical (unpaired) electrons. The second-order valence-electron chi connectivity index (χ2n) is 4.04. The first kappa shape index (κ1) is 15.5. The zero-order valence-corrected chi connectivity index (χ0v) is 11.9. The molecule has 1 amide bonds. The number of rotatable bonds is 5. The quantitative estimate of drug-likeness (QED) is 0.832. The number of amides is 1. The maximum Gasteiger partial charge on any atom is 0.221 e. The summed E-state index contributed by atoms with van der Waals surface area (Å²) >= 11 is 0. The van der Waals surface area contributed by atoms with Gasteiger partial charge >= 0.3 is 0 Å². The first-order valence-corrected chi connectivity index (χ1v) is 7.27. The minimum Gasteiger partial charge on any atom is -0.495 e. The number of aliphatic hydroxyl groups is 1. The van der Waals surface area contributed by atoms with Crippen LogP contribution in [0.25, 0.3) is 0 Å². The zero-order chi connectivity index (χ0) is 14.6. The SMILES string of the molecule is COc1cc(S(=O)(=O)CCO)c(C)cc1NC(C)=O. The van der Waals surface area contributed by atoms with E-state index in [0.29, 0.717) is 11.3 Å². The van der Waals surface area contributed by atoms with E-state index in [4.69, 9.17) is 9.84 Å². The highest BCUT2D eigenvalue weighted by molar-refractivity contribution is 7.91. The van der Waals surface area contributed by atoms with Gasteiger partial charge in [-0.3, -0.25) is 4.79 Å². The number of methoxy groups -OCH3 is 1. The molecular formula is C12H17NO5S. The van der Waals surface area contributed by atoms with Crippen LogP contribution in [-0.2, 0) is 14.6 Å². The number of aryl methyl sites for hydroxylation is 1. The van der Waals surface area contributed by atoms with Crippen LogP contribution >= 0.6 is 0 Å². The van der Waals surface area contributed by atoms with Crippen molar-refractivity contribution in [1.82, 2.24) is 0 Å². The number of sulfone groups is 1. The molecule has 0 saturated carbocycles. The molecule has 0 bridgehead atoms. The Labute approximate surface area is 112 Å². The van der Waals surface area contributed by atoms with E-state index >= 15 is 0 Å². The van der Waals surface area contributed by atoms with Gasteiger partial charge in [0.15, 0.2) is 9.84 Å². The Bertz CT molecular complexity index is 580. The number of carbonyl (C=O) groups is 1. The second-order valence-corrected chi connectivity index (χ2v) is 6.12. The summed E-state index contributed by atoms with van der Waals surface area (Å²) in [4.78, 5) is 11.1. The zero-order valence-electron chi connectivity index (χ0n) is 11.1. The molecule has 0 fully saturated rings. The molecular weight excluding hydrogens is 270 g/mol. The average molecular weight is 287 g/mol. The predicted octanol–water partition coefficient (Wildman–Crippen LogP) is 0.728. The van der Waals surface area contributed by atoms with Crippen LogP contribution in [0, 0.1) is 6.92 Å². The van der Waals surface area contributed by atoms with Gasteiger partial charge in [0.25, 0.3) is 0 Å². The number of ether oxygens (including phenoxy) is 1. The van der Waals surface area contributed by atoms with Crippen molar-refractivity contribution in [3.05, 3.63) is 17.7 Å². The number of benzene rings is 1. The first-order valence-electron chi connectivity index (χ1n) is 5.61. The summed E-state index contributed by atoms with van der Waals surface area (Å²) in [5.41, 5.74) is 0.897. The maximum absolute atomic E-state index is 12.0. The normalized spacial score (nSPS) is 11.2. The van der Waals surface area contributed by atoms with Crippen LogP contribution in [0.1, 0.15) is 12.5 Å². The fourth-order valence-corrected chi connectivity index (χ4v) is 2.99. The van der Waals surface area contributed by atoms with Gasteiger partial charge in [-0.1, -0.05) is 0 Å². The van der Waals surface area contributed by atoms with Crippen LogP contribution in [-0.4, -0.2) is 38.9 Å². The van der Waals surface area contributed by atoms with Crippen LogP contribution < -0.4 is 10.1 Å². The number of aliphatic hydroxyl groups excluding tert-OH is 1. The fourth-order valence-electron chi connectivity index (χ4n) is 1.69. The van der Waals surface area contributed by atoms with E-state index in [0.717, 1.165) is 0 Å². The molecule has 7 heteroatoms. The highest BCUT2D eigenvalue weighted by atomic mass is 32.2. The van der Waals surface area contributed by atoms with Crippen molar-refractivity contribution in [1.29, 1.82) is 0 Å². The van der Waals surface area contributed by atoms with Gasteiger partial charge in [0.05, 0.1) is 30.1 Å². The van der Waals surface area contributed by atoms with E-state index in [1.165, 1.54) is 26.2 Å². The summed E-state index contributed by atoms with van der Waals surface area (Å²) in [5, 5.41) is 11.4. The molecule has 1 aromatic rings. The lowest BCUT2D eigenvalue weighted by Gasteiger charge is -2.13. The summed E-state index contributed by atoms with van der Waals surface area (Å²) in [6, 6.07) is 2.89. The topological polar surface area (TPSA) is 92.7 Å². The first-order chi connectivity index (χ1) is 8.81. The molecule has 2 N–H and O–H groups in total. The largest absolute Gasteiger partial charge is 0.495 e. The van der Waals surface area contributed by atoms with Gasteiger partial charge in [-0.2, -0.15) is 0 Å². The van der Waals surface area contributed by atoms with Gasteiger partial charge in [0, 0.05) is 13.0 Å². The number of hydrogen-bond acceptors (Lipinski definition) is 5. The van der Waals surface area contributed by atoms with E-state index in [2.05, 4.69) is 5.32 Å². The highest BCUT2D eigenvalue weighted by Crippen LogP contribution is 2.31. The third kappa shape index (κ3) is 3.68. The minimum atomic E-state index is -3.56. The monoisotopic (exact) mass is 287 g/mol. The molecule has 0 aromatic heterocycles. The summed E-state index contributed by atoms with van der Waals surface area (Å²) in [7, 11) is -2.17. The van der Waals surface area contributed by atoms with Gasteiger partial charge in [-0.15, -0.1) is 0 Å². The molecule has 0 atom stereocenters. The molecule has 19 heavy (non-hydrogen) atoms. The molecule has 106 valence electrons. The summed E-state index contributed by atoms with van der Waals surface area (Å²) < 4.78 is 29.0.